The number of hydrogen-bond donors (Lipinski definition) is 0. The van der Waals surface area contributed by atoms with Crippen LogP contribution in [0.1, 0.15) is 5.56 Å². The summed E-state index contributed by atoms with van der Waals surface area (Å²) in [7, 11) is -3.82. The lowest BCUT2D eigenvalue weighted by Gasteiger charge is -2.12. The highest BCUT2D eigenvalue weighted by Gasteiger charge is 2.26. The van der Waals surface area contributed by atoms with Gasteiger partial charge in [-0.15, -0.1) is 0 Å². The Labute approximate surface area is 194 Å². The average molecular weight is 504 g/mol. The predicted octanol–water partition coefficient (Wildman–Crippen LogP) is 5.97. The lowest BCUT2D eigenvalue weighted by molar-refractivity contribution is 0.595. The van der Waals surface area contributed by atoms with Crippen LogP contribution in [0.15, 0.2) is 105 Å². The fourth-order valence-corrected chi connectivity index (χ4v) is 5.26. The van der Waals surface area contributed by atoms with Gasteiger partial charge in [0.1, 0.15) is 4.90 Å². The van der Waals surface area contributed by atoms with Crippen molar-refractivity contribution in [2.24, 2.45) is 0 Å². The molecule has 5 rings (SSSR count). The van der Waals surface area contributed by atoms with Crippen LogP contribution in [0.25, 0.3) is 28.2 Å². The van der Waals surface area contributed by atoms with Gasteiger partial charge in [-0.05, 0) is 31.2 Å². The number of nitrogens with zero attached hydrogens (tertiary/aromatic N) is 3. The molecule has 0 N–H and O–H groups in total. The van der Waals surface area contributed by atoms with Crippen molar-refractivity contribution in [3.05, 3.63) is 101 Å². The first-order valence-electron chi connectivity index (χ1n) is 9.95. The Morgan fingerprint density at radius 3 is 2.19 bits per heavy atom. The third kappa shape index (κ3) is 3.63. The normalized spacial score (nSPS) is 11.7. The summed E-state index contributed by atoms with van der Waals surface area (Å²) in [6.45, 7) is 2.03. The zero-order valence-electron chi connectivity index (χ0n) is 17.1. The molecular formula is C25H18BrN3O2S. The van der Waals surface area contributed by atoms with Crippen molar-refractivity contribution in [1.29, 1.82) is 0 Å². The van der Waals surface area contributed by atoms with E-state index >= 15 is 0 Å². The van der Waals surface area contributed by atoms with E-state index in [1.807, 2.05) is 61.5 Å². The maximum atomic E-state index is 13.6. The Kier molecular flexibility index (Phi) is 5.15. The molecule has 7 heteroatoms. The standard InChI is InChI=1S/C25H18BrN3O2S/c1-17-7-9-18(10-8-17)22-15-24-27-16-23(32(30,31)21-5-3-2-4-6-21)25(29(24)28-22)19-11-13-20(26)14-12-19/h2-16H,1H3. The average Bonchev–Trinajstić information content (AvgIpc) is 3.24. The molecular weight excluding hydrogens is 486 g/mol. The Morgan fingerprint density at radius 2 is 1.50 bits per heavy atom. The first-order chi connectivity index (χ1) is 15.4. The highest BCUT2D eigenvalue weighted by atomic mass is 79.9. The van der Waals surface area contributed by atoms with Crippen molar-refractivity contribution in [1.82, 2.24) is 14.6 Å². The first kappa shape index (κ1) is 20.6. The van der Waals surface area contributed by atoms with E-state index in [4.69, 9.17) is 5.10 Å². The molecule has 2 heterocycles. The fourth-order valence-electron chi connectivity index (χ4n) is 3.58. The molecule has 0 spiro atoms. The molecule has 0 amide bonds. The lowest BCUT2D eigenvalue weighted by Crippen LogP contribution is -2.09. The summed E-state index contributed by atoms with van der Waals surface area (Å²) >= 11 is 3.45. The van der Waals surface area contributed by atoms with Gasteiger partial charge in [-0.1, -0.05) is 76.1 Å². The molecule has 0 radical (unpaired) electrons. The van der Waals surface area contributed by atoms with Gasteiger partial charge in [0.2, 0.25) is 9.84 Å². The zero-order chi connectivity index (χ0) is 22.3. The smallest absolute Gasteiger partial charge is 0.210 e. The number of rotatable bonds is 4. The predicted molar refractivity (Wildman–Crippen MR) is 128 cm³/mol. The van der Waals surface area contributed by atoms with E-state index in [1.54, 1.807) is 34.8 Å². The molecule has 3 aromatic carbocycles. The quantitative estimate of drug-likeness (QED) is 0.303. The summed E-state index contributed by atoms with van der Waals surface area (Å²) in [6, 6.07) is 25.8. The third-order valence-corrected chi connectivity index (χ3v) is 7.56. The van der Waals surface area contributed by atoms with Crippen LogP contribution in [-0.2, 0) is 9.84 Å². The SMILES string of the molecule is Cc1ccc(-c2cc3ncc(S(=O)(=O)c4ccccc4)c(-c4ccc(Br)cc4)n3n2)cc1. The fraction of sp³-hybridized carbons (Fsp3) is 0.0400. The van der Waals surface area contributed by atoms with Gasteiger partial charge in [-0.3, -0.25) is 0 Å². The second kappa shape index (κ2) is 8.00. The van der Waals surface area contributed by atoms with Crippen molar-refractivity contribution >= 4 is 31.4 Å². The molecule has 0 fully saturated rings. The highest BCUT2D eigenvalue weighted by Crippen LogP contribution is 2.33. The van der Waals surface area contributed by atoms with Crippen LogP contribution in [0, 0.1) is 6.92 Å². The van der Waals surface area contributed by atoms with E-state index in [-0.39, 0.29) is 9.79 Å². The van der Waals surface area contributed by atoms with Gasteiger partial charge < -0.3 is 0 Å². The minimum atomic E-state index is -3.82. The molecule has 32 heavy (non-hydrogen) atoms. The number of hydrogen-bond acceptors (Lipinski definition) is 4. The van der Waals surface area contributed by atoms with Gasteiger partial charge >= 0.3 is 0 Å². The van der Waals surface area contributed by atoms with Crippen LogP contribution in [0.2, 0.25) is 0 Å². The number of fused-ring (bicyclic) bond motifs is 1. The molecule has 158 valence electrons. The van der Waals surface area contributed by atoms with E-state index in [1.165, 1.54) is 6.20 Å². The van der Waals surface area contributed by atoms with E-state index in [0.29, 0.717) is 11.3 Å². The van der Waals surface area contributed by atoms with E-state index in [2.05, 4.69) is 20.9 Å². The summed E-state index contributed by atoms with van der Waals surface area (Å²) in [5.74, 6) is 0. The Bertz CT molecular complexity index is 1530. The molecule has 0 aliphatic rings. The second-order valence-corrected chi connectivity index (χ2v) is 10.3. The first-order valence-corrected chi connectivity index (χ1v) is 12.2. The van der Waals surface area contributed by atoms with Crippen LogP contribution in [-0.4, -0.2) is 23.0 Å². The molecule has 0 atom stereocenters. The Hall–Kier alpha value is -3.29. The highest BCUT2D eigenvalue weighted by molar-refractivity contribution is 9.10. The van der Waals surface area contributed by atoms with E-state index in [0.717, 1.165) is 26.9 Å². The summed E-state index contributed by atoms with van der Waals surface area (Å²) in [6.07, 6.45) is 1.43. The molecule has 5 nitrogen and oxygen atoms in total. The topological polar surface area (TPSA) is 64.3 Å². The molecule has 0 saturated carbocycles. The summed E-state index contributed by atoms with van der Waals surface area (Å²) < 4.78 is 29.6. The van der Waals surface area contributed by atoms with Crippen LogP contribution in [0.5, 0.6) is 0 Å². The summed E-state index contributed by atoms with van der Waals surface area (Å²) in [5.41, 5.74) is 4.60. The number of halogens is 1. The maximum Gasteiger partial charge on any atom is 0.210 e. The molecule has 2 aromatic heterocycles. The number of aryl methyl sites for hydroxylation is 1. The molecule has 0 aliphatic heterocycles. The minimum Gasteiger partial charge on any atom is -0.236 e. The summed E-state index contributed by atoms with van der Waals surface area (Å²) in [5, 5.41) is 4.76. The van der Waals surface area contributed by atoms with Gasteiger partial charge in [0, 0.05) is 21.7 Å². The van der Waals surface area contributed by atoms with Crippen molar-refractivity contribution in [2.75, 3.05) is 0 Å². The van der Waals surface area contributed by atoms with Gasteiger partial charge in [0.05, 0.1) is 22.5 Å². The van der Waals surface area contributed by atoms with Gasteiger partial charge in [0.25, 0.3) is 0 Å². The Balaban J connectivity index is 1.80. The van der Waals surface area contributed by atoms with Gasteiger partial charge in [0.15, 0.2) is 5.65 Å². The third-order valence-electron chi connectivity index (χ3n) is 5.26. The van der Waals surface area contributed by atoms with Crippen LogP contribution in [0.4, 0.5) is 0 Å². The monoisotopic (exact) mass is 503 g/mol. The molecule has 0 unspecified atom stereocenters. The molecule has 0 aliphatic carbocycles. The second-order valence-electron chi connectivity index (χ2n) is 7.46. The molecule has 5 aromatic rings. The van der Waals surface area contributed by atoms with Gasteiger partial charge in [-0.2, -0.15) is 5.10 Å². The largest absolute Gasteiger partial charge is 0.236 e. The summed E-state index contributed by atoms with van der Waals surface area (Å²) in [4.78, 5) is 4.77. The van der Waals surface area contributed by atoms with E-state index in [9.17, 15) is 8.42 Å². The molecule has 0 bridgehead atoms. The van der Waals surface area contributed by atoms with Crippen LogP contribution >= 0.6 is 15.9 Å². The number of aromatic nitrogens is 3. The number of benzene rings is 3. The van der Waals surface area contributed by atoms with Crippen molar-refractivity contribution in [2.45, 2.75) is 16.7 Å². The van der Waals surface area contributed by atoms with Gasteiger partial charge in [-0.25, -0.2) is 17.9 Å². The lowest BCUT2D eigenvalue weighted by atomic mass is 10.1. The maximum absolute atomic E-state index is 13.6. The van der Waals surface area contributed by atoms with Crippen LogP contribution in [0.3, 0.4) is 0 Å². The molecule has 0 saturated heterocycles. The van der Waals surface area contributed by atoms with Crippen molar-refractivity contribution in [3.8, 4) is 22.5 Å². The van der Waals surface area contributed by atoms with E-state index < -0.39 is 9.84 Å². The number of sulfone groups is 1. The minimum absolute atomic E-state index is 0.108. The zero-order valence-corrected chi connectivity index (χ0v) is 19.5. The van der Waals surface area contributed by atoms with Crippen molar-refractivity contribution < 1.29 is 8.42 Å². The van der Waals surface area contributed by atoms with Crippen LogP contribution < -0.4 is 0 Å². The van der Waals surface area contributed by atoms with Crippen molar-refractivity contribution in [3.63, 3.8) is 0 Å². The Morgan fingerprint density at radius 1 is 0.844 bits per heavy atom.